The molecule has 0 fully saturated rings. The molecule has 0 aliphatic rings. The lowest BCUT2D eigenvalue weighted by Gasteiger charge is -2.13. The van der Waals surface area contributed by atoms with Gasteiger partial charge in [0.2, 0.25) is 0 Å². The van der Waals surface area contributed by atoms with Gasteiger partial charge in [-0.3, -0.25) is 4.79 Å². The summed E-state index contributed by atoms with van der Waals surface area (Å²) in [6.45, 7) is 4.26. The van der Waals surface area contributed by atoms with Crippen LogP contribution in [0.5, 0.6) is 0 Å². The Morgan fingerprint density at radius 2 is 1.85 bits per heavy atom. The third-order valence-electron chi connectivity index (χ3n) is 4.24. The number of carbonyl (C=O) groups is 1. The second kappa shape index (κ2) is 7.70. The van der Waals surface area contributed by atoms with Crippen molar-refractivity contribution in [3.8, 4) is 5.69 Å². The first-order chi connectivity index (χ1) is 12.5. The van der Waals surface area contributed by atoms with Crippen LogP contribution in [0.4, 0.5) is 4.39 Å². The van der Waals surface area contributed by atoms with E-state index in [1.807, 2.05) is 37.3 Å². The fraction of sp³-hybridized carbons (Fsp3) is 0.200. The largest absolute Gasteiger partial charge is 0.351 e. The first kappa shape index (κ1) is 18.1. The molecule has 1 N–H and O–H groups in total. The number of hydrogen-bond acceptors (Lipinski definition) is 2. The van der Waals surface area contributed by atoms with E-state index in [4.69, 9.17) is 11.6 Å². The molecule has 0 saturated carbocycles. The summed E-state index contributed by atoms with van der Waals surface area (Å²) in [6.07, 6.45) is 0. The number of aromatic nitrogens is 2. The van der Waals surface area contributed by atoms with Gasteiger partial charge in [-0.15, -0.1) is 0 Å². The van der Waals surface area contributed by atoms with Gasteiger partial charge in [0, 0.05) is 6.54 Å². The topological polar surface area (TPSA) is 46.9 Å². The fourth-order valence-electron chi connectivity index (χ4n) is 2.74. The van der Waals surface area contributed by atoms with Crippen molar-refractivity contribution in [3.63, 3.8) is 0 Å². The minimum atomic E-state index is -0.346. The second-order valence-electron chi connectivity index (χ2n) is 6.16. The molecule has 2 aromatic carbocycles. The van der Waals surface area contributed by atoms with Crippen molar-refractivity contribution in [1.29, 1.82) is 0 Å². The molecule has 1 atom stereocenters. The quantitative estimate of drug-likeness (QED) is 0.717. The van der Waals surface area contributed by atoms with Gasteiger partial charge < -0.3 is 5.32 Å². The van der Waals surface area contributed by atoms with Crippen molar-refractivity contribution < 1.29 is 9.18 Å². The molecular formula is C20H19ClFN3O. The van der Waals surface area contributed by atoms with Crippen LogP contribution in [0.3, 0.4) is 0 Å². The minimum Gasteiger partial charge on any atom is -0.351 e. The number of nitrogens with one attached hydrogen (secondary N) is 1. The van der Waals surface area contributed by atoms with E-state index >= 15 is 0 Å². The Hall–Kier alpha value is -2.66. The zero-order valence-corrected chi connectivity index (χ0v) is 15.3. The standard InChI is InChI=1S/C20H19ClFN3O/c1-13(15-6-4-3-5-7-15)12-23-20(26)18-14(2)24-25(19(18)21)17-10-8-16(22)9-11-17/h3-11,13H,12H2,1-2H3,(H,23,26). The lowest BCUT2D eigenvalue weighted by Crippen LogP contribution is -2.28. The maximum atomic E-state index is 13.1. The average molecular weight is 372 g/mol. The van der Waals surface area contributed by atoms with Crippen LogP contribution in [0.1, 0.15) is 34.5 Å². The summed E-state index contributed by atoms with van der Waals surface area (Å²) in [5.74, 6) is -0.448. The summed E-state index contributed by atoms with van der Waals surface area (Å²) in [4.78, 5) is 12.6. The molecule has 26 heavy (non-hydrogen) atoms. The highest BCUT2D eigenvalue weighted by molar-refractivity contribution is 6.33. The lowest BCUT2D eigenvalue weighted by atomic mass is 10.0. The number of nitrogens with zero attached hydrogens (tertiary/aromatic N) is 2. The average Bonchev–Trinajstić information content (AvgIpc) is 2.95. The Bertz CT molecular complexity index is 907. The van der Waals surface area contributed by atoms with E-state index in [1.54, 1.807) is 19.1 Å². The Morgan fingerprint density at radius 3 is 2.50 bits per heavy atom. The zero-order chi connectivity index (χ0) is 18.7. The van der Waals surface area contributed by atoms with Gasteiger partial charge >= 0.3 is 0 Å². The molecule has 1 heterocycles. The van der Waals surface area contributed by atoms with Gasteiger partial charge in [0.05, 0.1) is 16.9 Å². The third-order valence-corrected chi connectivity index (χ3v) is 4.59. The van der Waals surface area contributed by atoms with Gasteiger partial charge in [-0.1, -0.05) is 48.9 Å². The Morgan fingerprint density at radius 1 is 1.19 bits per heavy atom. The summed E-state index contributed by atoms with van der Waals surface area (Å²) < 4.78 is 14.5. The highest BCUT2D eigenvalue weighted by Gasteiger charge is 2.21. The van der Waals surface area contributed by atoms with E-state index in [0.29, 0.717) is 23.5 Å². The van der Waals surface area contributed by atoms with Crippen molar-refractivity contribution in [2.75, 3.05) is 6.54 Å². The number of halogens is 2. The molecule has 3 rings (SSSR count). The first-order valence-electron chi connectivity index (χ1n) is 8.31. The van der Waals surface area contributed by atoms with E-state index in [-0.39, 0.29) is 22.8 Å². The van der Waals surface area contributed by atoms with Crippen molar-refractivity contribution in [2.45, 2.75) is 19.8 Å². The summed E-state index contributed by atoms with van der Waals surface area (Å²) in [7, 11) is 0. The maximum absolute atomic E-state index is 13.1. The molecule has 0 aliphatic heterocycles. The lowest BCUT2D eigenvalue weighted by molar-refractivity contribution is 0.0951. The van der Waals surface area contributed by atoms with Crippen LogP contribution < -0.4 is 5.32 Å². The molecule has 0 saturated heterocycles. The zero-order valence-electron chi connectivity index (χ0n) is 14.5. The molecule has 0 bridgehead atoms. The summed E-state index contributed by atoms with van der Waals surface area (Å²) in [5.41, 5.74) is 2.59. The monoisotopic (exact) mass is 371 g/mol. The number of hydrogen-bond donors (Lipinski definition) is 1. The summed E-state index contributed by atoms with van der Waals surface area (Å²) in [5, 5.41) is 7.44. The Balaban J connectivity index is 1.76. The SMILES string of the molecule is Cc1nn(-c2ccc(F)cc2)c(Cl)c1C(=O)NCC(C)c1ccccc1. The normalized spacial score (nSPS) is 12.0. The molecule has 134 valence electrons. The van der Waals surface area contributed by atoms with Crippen LogP contribution in [0, 0.1) is 12.7 Å². The van der Waals surface area contributed by atoms with Gasteiger partial charge in [0.15, 0.2) is 0 Å². The molecule has 0 radical (unpaired) electrons. The smallest absolute Gasteiger partial charge is 0.256 e. The Labute approximate surface area is 156 Å². The van der Waals surface area contributed by atoms with E-state index in [1.165, 1.54) is 16.8 Å². The molecule has 0 aliphatic carbocycles. The molecule has 1 amide bonds. The predicted molar refractivity (Wildman–Crippen MR) is 100 cm³/mol. The van der Waals surface area contributed by atoms with Crippen LogP contribution >= 0.6 is 11.6 Å². The molecule has 6 heteroatoms. The number of aryl methyl sites for hydroxylation is 1. The number of benzene rings is 2. The van der Waals surface area contributed by atoms with E-state index < -0.39 is 0 Å². The van der Waals surface area contributed by atoms with Gasteiger partial charge in [0.25, 0.3) is 5.91 Å². The van der Waals surface area contributed by atoms with Crippen molar-refractivity contribution in [3.05, 3.63) is 82.4 Å². The number of amides is 1. The van der Waals surface area contributed by atoms with Gasteiger partial charge in [-0.25, -0.2) is 9.07 Å². The van der Waals surface area contributed by atoms with Crippen LogP contribution in [0.2, 0.25) is 5.15 Å². The Kier molecular flexibility index (Phi) is 5.38. The van der Waals surface area contributed by atoms with E-state index in [0.717, 1.165) is 5.56 Å². The van der Waals surface area contributed by atoms with Crippen molar-refractivity contribution >= 4 is 17.5 Å². The fourth-order valence-corrected chi connectivity index (χ4v) is 3.10. The maximum Gasteiger partial charge on any atom is 0.256 e. The van der Waals surface area contributed by atoms with Gasteiger partial charge in [-0.2, -0.15) is 5.10 Å². The van der Waals surface area contributed by atoms with Gasteiger partial charge in [0.1, 0.15) is 11.0 Å². The molecule has 4 nitrogen and oxygen atoms in total. The second-order valence-corrected chi connectivity index (χ2v) is 6.52. The van der Waals surface area contributed by atoms with Crippen LogP contribution in [0.15, 0.2) is 54.6 Å². The van der Waals surface area contributed by atoms with Crippen molar-refractivity contribution in [2.24, 2.45) is 0 Å². The predicted octanol–water partition coefficient (Wildman–Crippen LogP) is 4.51. The molecule has 1 aromatic heterocycles. The van der Waals surface area contributed by atoms with Gasteiger partial charge in [-0.05, 0) is 42.7 Å². The number of rotatable bonds is 5. The molecule has 1 unspecified atom stereocenters. The highest BCUT2D eigenvalue weighted by Crippen LogP contribution is 2.24. The molecular weight excluding hydrogens is 353 g/mol. The van der Waals surface area contributed by atoms with Crippen LogP contribution in [-0.2, 0) is 0 Å². The number of carbonyl (C=O) groups excluding carboxylic acids is 1. The van der Waals surface area contributed by atoms with Crippen LogP contribution in [-0.4, -0.2) is 22.2 Å². The first-order valence-corrected chi connectivity index (χ1v) is 8.69. The minimum absolute atomic E-state index is 0.173. The summed E-state index contributed by atoms with van der Waals surface area (Å²) in [6, 6.07) is 15.7. The van der Waals surface area contributed by atoms with Crippen LogP contribution in [0.25, 0.3) is 5.69 Å². The highest BCUT2D eigenvalue weighted by atomic mass is 35.5. The molecule has 0 spiro atoms. The van der Waals surface area contributed by atoms with E-state index in [2.05, 4.69) is 10.4 Å². The summed E-state index contributed by atoms with van der Waals surface area (Å²) >= 11 is 6.38. The van der Waals surface area contributed by atoms with Crippen molar-refractivity contribution in [1.82, 2.24) is 15.1 Å². The third kappa shape index (κ3) is 3.78. The molecule has 3 aromatic rings. The van der Waals surface area contributed by atoms with E-state index in [9.17, 15) is 9.18 Å².